The Kier molecular flexibility index (Phi) is 8.43. The molecular formula is C26H40O2. The molecule has 0 bridgehead atoms. The van der Waals surface area contributed by atoms with Gasteiger partial charge in [0, 0.05) is 6.42 Å². The number of unbranched alkanes of at least 4 members (excludes halogenated alkanes) is 4. The van der Waals surface area contributed by atoms with Gasteiger partial charge in [-0.15, -0.1) is 0 Å². The Hall–Kier alpha value is -1.31. The molecule has 1 saturated carbocycles. The van der Waals surface area contributed by atoms with Crippen molar-refractivity contribution in [1.29, 1.82) is 0 Å². The lowest BCUT2D eigenvalue weighted by atomic mass is 9.77. The second-order valence-corrected chi connectivity index (χ2v) is 9.23. The molecule has 1 heterocycles. The topological polar surface area (TPSA) is 26.3 Å². The molecule has 28 heavy (non-hydrogen) atoms. The minimum absolute atomic E-state index is 0.0137. The number of hydrogen-bond acceptors (Lipinski definition) is 2. The first-order chi connectivity index (χ1) is 13.7. The van der Waals surface area contributed by atoms with Crippen LogP contribution in [0.1, 0.15) is 120 Å². The number of hydrogen-bond donors (Lipinski definition) is 0. The second-order valence-electron chi connectivity index (χ2n) is 9.23. The first-order valence-corrected chi connectivity index (χ1v) is 12.0. The first kappa shape index (κ1) is 21.4. The third-order valence-electron chi connectivity index (χ3n) is 7.09. The second kappa shape index (κ2) is 11.0. The van der Waals surface area contributed by atoms with Gasteiger partial charge in [-0.1, -0.05) is 83.1 Å². The van der Waals surface area contributed by atoms with Crippen molar-refractivity contribution >= 4 is 5.97 Å². The van der Waals surface area contributed by atoms with Gasteiger partial charge >= 0.3 is 5.97 Å². The van der Waals surface area contributed by atoms with Gasteiger partial charge in [0.2, 0.25) is 0 Å². The standard InChI is InChI=1S/C26H40O2/c1-3-5-7-8-9-20-11-13-21(14-12-20)22-15-17-23(18-16-22)25-19-24(10-6-4-2)26(27)28-25/h15-18,20-21,24-25H,3-14,19H2,1-2H3. The summed E-state index contributed by atoms with van der Waals surface area (Å²) in [5.74, 6) is 1.81. The van der Waals surface area contributed by atoms with Crippen LogP contribution < -0.4 is 0 Å². The van der Waals surface area contributed by atoms with E-state index in [1.807, 2.05) is 0 Å². The van der Waals surface area contributed by atoms with Crippen molar-refractivity contribution in [3.8, 4) is 0 Å². The number of benzene rings is 1. The van der Waals surface area contributed by atoms with Gasteiger partial charge in [0.1, 0.15) is 6.10 Å². The van der Waals surface area contributed by atoms with Crippen molar-refractivity contribution in [1.82, 2.24) is 0 Å². The third-order valence-corrected chi connectivity index (χ3v) is 7.09. The molecule has 0 amide bonds. The normalized spacial score (nSPS) is 27.7. The Morgan fingerprint density at radius 3 is 2.18 bits per heavy atom. The highest BCUT2D eigenvalue weighted by Gasteiger charge is 2.34. The van der Waals surface area contributed by atoms with Crippen molar-refractivity contribution in [2.24, 2.45) is 11.8 Å². The van der Waals surface area contributed by atoms with Gasteiger partial charge in [-0.3, -0.25) is 4.79 Å². The van der Waals surface area contributed by atoms with Gasteiger partial charge in [-0.05, 0) is 55.1 Å². The van der Waals surface area contributed by atoms with E-state index in [1.54, 1.807) is 0 Å². The Morgan fingerprint density at radius 1 is 0.821 bits per heavy atom. The van der Waals surface area contributed by atoms with E-state index < -0.39 is 0 Å². The van der Waals surface area contributed by atoms with Crippen LogP contribution in [0.15, 0.2) is 24.3 Å². The van der Waals surface area contributed by atoms with E-state index in [0.29, 0.717) is 0 Å². The molecule has 156 valence electrons. The lowest BCUT2D eigenvalue weighted by Crippen LogP contribution is -2.13. The largest absolute Gasteiger partial charge is 0.457 e. The summed E-state index contributed by atoms with van der Waals surface area (Å²) in [7, 11) is 0. The number of carbonyl (C=O) groups excluding carboxylic acids is 1. The predicted octanol–water partition coefficient (Wildman–Crippen LogP) is 7.73. The van der Waals surface area contributed by atoms with Crippen molar-refractivity contribution in [3.05, 3.63) is 35.4 Å². The summed E-state index contributed by atoms with van der Waals surface area (Å²) in [6, 6.07) is 9.03. The summed E-state index contributed by atoms with van der Waals surface area (Å²) in [6.45, 7) is 4.47. The lowest BCUT2D eigenvalue weighted by Gasteiger charge is -2.29. The average Bonchev–Trinajstić information content (AvgIpc) is 3.11. The van der Waals surface area contributed by atoms with Crippen LogP contribution in [-0.4, -0.2) is 5.97 Å². The van der Waals surface area contributed by atoms with Crippen molar-refractivity contribution in [2.75, 3.05) is 0 Å². The van der Waals surface area contributed by atoms with Crippen LogP contribution in [0.25, 0.3) is 0 Å². The van der Waals surface area contributed by atoms with Crippen LogP contribution in [0.5, 0.6) is 0 Å². The van der Waals surface area contributed by atoms with Crippen LogP contribution in [0.4, 0.5) is 0 Å². The van der Waals surface area contributed by atoms with E-state index in [9.17, 15) is 4.79 Å². The van der Waals surface area contributed by atoms with Crippen LogP contribution in [0.2, 0.25) is 0 Å². The van der Waals surface area contributed by atoms with E-state index in [1.165, 1.54) is 68.9 Å². The fraction of sp³-hybridized carbons (Fsp3) is 0.731. The maximum atomic E-state index is 12.1. The van der Waals surface area contributed by atoms with Crippen LogP contribution >= 0.6 is 0 Å². The molecule has 1 aromatic carbocycles. The Labute approximate surface area is 172 Å². The maximum Gasteiger partial charge on any atom is 0.309 e. The zero-order valence-corrected chi connectivity index (χ0v) is 18.1. The highest BCUT2D eigenvalue weighted by molar-refractivity contribution is 5.74. The van der Waals surface area contributed by atoms with Gasteiger partial charge < -0.3 is 4.74 Å². The maximum absolute atomic E-state index is 12.1. The Balaban J connectivity index is 1.46. The minimum atomic E-state index is -0.0257. The number of esters is 1. The van der Waals surface area contributed by atoms with E-state index >= 15 is 0 Å². The van der Waals surface area contributed by atoms with Crippen molar-refractivity contribution in [3.63, 3.8) is 0 Å². The summed E-state index contributed by atoms with van der Waals surface area (Å²) in [4.78, 5) is 12.1. The molecule has 0 spiro atoms. The predicted molar refractivity (Wildman–Crippen MR) is 116 cm³/mol. The molecular weight excluding hydrogens is 344 g/mol. The number of carbonyl (C=O) groups is 1. The van der Waals surface area contributed by atoms with E-state index in [4.69, 9.17) is 4.74 Å². The van der Waals surface area contributed by atoms with E-state index in [0.717, 1.165) is 37.5 Å². The molecule has 1 aromatic rings. The average molecular weight is 385 g/mol. The molecule has 2 fully saturated rings. The summed E-state index contributed by atoms with van der Waals surface area (Å²) in [5, 5.41) is 0. The van der Waals surface area contributed by atoms with Gasteiger partial charge in [-0.2, -0.15) is 0 Å². The highest BCUT2D eigenvalue weighted by atomic mass is 16.5. The monoisotopic (exact) mass is 384 g/mol. The quantitative estimate of drug-likeness (QED) is 0.305. The summed E-state index contributed by atoms with van der Waals surface area (Å²) in [6.07, 6.45) is 16.6. The number of rotatable bonds is 10. The fourth-order valence-corrected chi connectivity index (χ4v) is 5.16. The van der Waals surface area contributed by atoms with Crippen molar-refractivity contribution < 1.29 is 9.53 Å². The van der Waals surface area contributed by atoms with Gasteiger partial charge in [-0.25, -0.2) is 0 Å². The molecule has 3 rings (SSSR count). The molecule has 0 N–H and O–H groups in total. The molecule has 0 aromatic heterocycles. The molecule has 2 heteroatoms. The molecule has 2 unspecified atom stereocenters. The summed E-state index contributed by atoms with van der Waals surface area (Å²) >= 11 is 0. The zero-order valence-electron chi connectivity index (χ0n) is 18.1. The molecule has 1 saturated heterocycles. The van der Waals surface area contributed by atoms with Gasteiger partial charge in [0.15, 0.2) is 0 Å². The summed E-state index contributed by atoms with van der Waals surface area (Å²) in [5.41, 5.74) is 2.67. The van der Waals surface area contributed by atoms with Crippen LogP contribution in [0.3, 0.4) is 0 Å². The number of cyclic esters (lactones) is 1. The molecule has 2 nitrogen and oxygen atoms in total. The molecule has 1 aliphatic heterocycles. The SMILES string of the molecule is CCCCCCC1CCC(c2ccc(C3CC(CCCC)C(=O)O3)cc2)CC1. The van der Waals surface area contributed by atoms with Crippen LogP contribution in [-0.2, 0) is 9.53 Å². The van der Waals surface area contributed by atoms with Crippen molar-refractivity contribution in [2.45, 2.75) is 109 Å². The molecule has 0 radical (unpaired) electrons. The lowest BCUT2D eigenvalue weighted by molar-refractivity contribution is -0.144. The highest BCUT2D eigenvalue weighted by Crippen LogP contribution is 2.40. The number of ether oxygens (including phenoxy) is 1. The minimum Gasteiger partial charge on any atom is -0.457 e. The van der Waals surface area contributed by atoms with Gasteiger partial charge in [0.25, 0.3) is 0 Å². The van der Waals surface area contributed by atoms with E-state index in [-0.39, 0.29) is 18.0 Å². The zero-order chi connectivity index (χ0) is 19.8. The first-order valence-electron chi connectivity index (χ1n) is 12.0. The molecule has 2 aliphatic rings. The van der Waals surface area contributed by atoms with Gasteiger partial charge in [0.05, 0.1) is 5.92 Å². The Bertz CT molecular complexity index is 583. The molecule has 1 aliphatic carbocycles. The van der Waals surface area contributed by atoms with E-state index in [2.05, 4.69) is 38.1 Å². The van der Waals surface area contributed by atoms with Crippen LogP contribution in [0, 0.1) is 11.8 Å². The fourth-order valence-electron chi connectivity index (χ4n) is 5.16. The smallest absolute Gasteiger partial charge is 0.309 e. The Morgan fingerprint density at radius 2 is 1.50 bits per heavy atom. The summed E-state index contributed by atoms with van der Waals surface area (Å²) < 4.78 is 5.67. The third kappa shape index (κ3) is 5.84. The molecule has 2 atom stereocenters.